The third kappa shape index (κ3) is 4.32. The first kappa shape index (κ1) is 17.3. The highest BCUT2D eigenvalue weighted by molar-refractivity contribution is 6.07. The summed E-state index contributed by atoms with van der Waals surface area (Å²) in [6.45, 7) is 0. The quantitative estimate of drug-likeness (QED) is 0.474. The van der Waals surface area contributed by atoms with Crippen molar-refractivity contribution in [2.45, 2.75) is 18.9 Å². The van der Waals surface area contributed by atoms with Gasteiger partial charge in [-0.1, -0.05) is 24.3 Å². The highest BCUT2D eigenvalue weighted by Crippen LogP contribution is 2.22. The molecule has 2 amide bonds. The molecule has 0 saturated heterocycles. The molecule has 7 nitrogen and oxygen atoms in total. The van der Waals surface area contributed by atoms with Gasteiger partial charge in [-0.2, -0.15) is 0 Å². The van der Waals surface area contributed by atoms with Crippen LogP contribution in [0.5, 0.6) is 0 Å². The molecule has 26 heavy (non-hydrogen) atoms. The van der Waals surface area contributed by atoms with Gasteiger partial charge in [-0.3, -0.25) is 19.7 Å². The summed E-state index contributed by atoms with van der Waals surface area (Å²) < 4.78 is 0. The molecule has 1 fully saturated rings. The molecule has 132 valence electrons. The number of para-hydroxylation sites is 2. The monoisotopic (exact) mass is 351 g/mol. The zero-order chi connectivity index (χ0) is 18.5. The Morgan fingerprint density at radius 1 is 1.08 bits per heavy atom. The van der Waals surface area contributed by atoms with Crippen LogP contribution in [-0.4, -0.2) is 22.8 Å². The minimum Gasteiger partial charge on any atom is -0.349 e. The Labute approximate surface area is 149 Å². The maximum absolute atomic E-state index is 12.2. The molecule has 0 spiro atoms. The van der Waals surface area contributed by atoms with Crippen molar-refractivity contribution in [1.82, 2.24) is 5.32 Å². The van der Waals surface area contributed by atoms with Crippen molar-refractivity contribution in [2.24, 2.45) is 0 Å². The third-order valence-corrected chi connectivity index (χ3v) is 3.89. The van der Waals surface area contributed by atoms with E-state index in [9.17, 15) is 19.7 Å². The van der Waals surface area contributed by atoms with Gasteiger partial charge in [-0.25, -0.2) is 0 Å². The van der Waals surface area contributed by atoms with Crippen molar-refractivity contribution in [2.75, 3.05) is 5.32 Å². The van der Waals surface area contributed by atoms with Gasteiger partial charge in [0, 0.05) is 18.2 Å². The van der Waals surface area contributed by atoms with Crippen LogP contribution in [0.25, 0.3) is 6.08 Å². The Hall–Kier alpha value is -3.48. The smallest absolute Gasteiger partial charge is 0.276 e. The van der Waals surface area contributed by atoms with Gasteiger partial charge in [0.2, 0.25) is 5.91 Å². The fraction of sp³-hybridized carbons (Fsp3) is 0.158. The average molecular weight is 351 g/mol. The Bertz CT molecular complexity index is 888. The van der Waals surface area contributed by atoms with Gasteiger partial charge in [-0.05, 0) is 37.1 Å². The van der Waals surface area contributed by atoms with E-state index in [2.05, 4.69) is 10.6 Å². The van der Waals surface area contributed by atoms with E-state index in [0.717, 1.165) is 12.8 Å². The molecule has 2 aromatic carbocycles. The zero-order valence-corrected chi connectivity index (χ0v) is 13.8. The lowest BCUT2D eigenvalue weighted by Gasteiger charge is -2.09. The van der Waals surface area contributed by atoms with Gasteiger partial charge >= 0.3 is 0 Å². The van der Waals surface area contributed by atoms with Gasteiger partial charge in [-0.15, -0.1) is 0 Å². The largest absolute Gasteiger partial charge is 0.349 e. The first-order valence-electron chi connectivity index (χ1n) is 8.17. The molecule has 3 rings (SSSR count). The number of amides is 2. The molecular weight excluding hydrogens is 334 g/mol. The standard InChI is InChI=1S/C19H17N3O4/c23-18(12-9-13-5-1-4-8-17(13)22(25)26)21-16-7-3-2-6-15(16)19(24)20-14-10-11-14/h1-9,12,14H,10-11H2,(H,20,24)(H,21,23)/b12-9+. The minimum absolute atomic E-state index is 0.0826. The number of nitrogens with zero attached hydrogens (tertiary/aromatic N) is 1. The van der Waals surface area contributed by atoms with E-state index in [0.29, 0.717) is 16.8 Å². The predicted molar refractivity (Wildman–Crippen MR) is 97.7 cm³/mol. The number of benzene rings is 2. The van der Waals surface area contributed by atoms with E-state index >= 15 is 0 Å². The molecular formula is C19H17N3O4. The number of anilines is 1. The first-order chi connectivity index (χ1) is 12.5. The van der Waals surface area contributed by atoms with Crippen LogP contribution in [0.1, 0.15) is 28.8 Å². The van der Waals surface area contributed by atoms with Gasteiger partial charge in [0.05, 0.1) is 21.7 Å². The molecule has 0 bridgehead atoms. The topological polar surface area (TPSA) is 101 Å². The number of nitro benzene ring substituents is 1. The van der Waals surface area contributed by atoms with Gasteiger partial charge < -0.3 is 10.6 Å². The molecule has 2 N–H and O–H groups in total. The predicted octanol–water partition coefficient (Wildman–Crippen LogP) is 3.14. The molecule has 0 aliphatic heterocycles. The summed E-state index contributed by atoms with van der Waals surface area (Å²) in [4.78, 5) is 34.9. The van der Waals surface area contributed by atoms with Gasteiger partial charge in [0.15, 0.2) is 0 Å². The van der Waals surface area contributed by atoms with Crippen LogP contribution in [0, 0.1) is 10.1 Å². The molecule has 1 aliphatic rings. The molecule has 1 aliphatic carbocycles. The lowest BCUT2D eigenvalue weighted by Crippen LogP contribution is -2.26. The van der Waals surface area contributed by atoms with E-state index in [1.54, 1.807) is 42.5 Å². The number of nitrogens with one attached hydrogen (secondary N) is 2. The molecule has 2 aromatic rings. The normalized spacial score (nSPS) is 13.4. The maximum Gasteiger partial charge on any atom is 0.276 e. The van der Waals surface area contributed by atoms with E-state index < -0.39 is 10.8 Å². The van der Waals surface area contributed by atoms with Crippen molar-refractivity contribution in [1.29, 1.82) is 0 Å². The highest BCUT2D eigenvalue weighted by atomic mass is 16.6. The molecule has 7 heteroatoms. The van der Waals surface area contributed by atoms with Crippen LogP contribution in [0.3, 0.4) is 0 Å². The van der Waals surface area contributed by atoms with Crippen molar-refractivity contribution < 1.29 is 14.5 Å². The van der Waals surface area contributed by atoms with E-state index in [1.807, 2.05) is 0 Å². The summed E-state index contributed by atoms with van der Waals surface area (Å²) in [6, 6.07) is 13.1. The van der Waals surface area contributed by atoms with Crippen molar-refractivity contribution >= 4 is 29.3 Å². The highest BCUT2D eigenvalue weighted by Gasteiger charge is 2.24. The summed E-state index contributed by atoms with van der Waals surface area (Å²) in [5, 5.41) is 16.5. The number of rotatable bonds is 6. The number of hydrogen-bond donors (Lipinski definition) is 2. The second kappa shape index (κ2) is 7.60. The molecule has 0 radical (unpaired) electrons. The lowest BCUT2D eigenvalue weighted by molar-refractivity contribution is -0.385. The van der Waals surface area contributed by atoms with Gasteiger partial charge in [0.1, 0.15) is 0 Å². The number of carbonyl (C=O) groups is 2. The van der Waals surface area contributed by atoms with E-state index in [4.69, 9.17) is 0 Å². The molecule has 0 heterocycles. The average Bonchev–Trinajstić information content (AvgIpc) is 3.44. The summed E-state index contributed by atoms with van der Waals surface area (Å²) in [7, 11) is 0. The third-order valence-electron chi connectivity index (χ3n) is 3.89. The zero-order valence-electron chi connectivity index (χ0n) is 13.8. The Balaban J connectivity index is 1.72. The maximum atomic E-state index is 12.2. The molecule has 1 saturated carbocycles. The van der Waals surface area contributed by atoms with Crippen molar-refractivity contribution in [3.63, 3.8) is 0 Å². The van der Waals surface area contributed by atoms with E-state index in [1.165, 1.54) is 18.2 Å². The first-order valence-corrected chi connectivity index (χ1v) is 8.17. The van der Waals surface area contributed by atoms with Crippen molar-refractivity contribution in [3.05, 3.63) is 75.8 Å². The van der Waals surface area contributed by atoms with Crippen LogP contribution in [-0.2, 0) is 4.79 Å². The summed E-state index contributed by atoms with van der Waals surface area (Å²) in [6.07, 6.45) is 4.52. The molecule has 0 aromatic heterocycles. The SMILES string of the molecule is O=C(/C=C/c1ccccc1[N+](=O)[O-])Nc1ccccc1C(=O)NC1CC1. The van der Waals surface area contributed by atoms with Crippen LogP contribution < -0.4 is 10.6 Å². The fourth-order valence-corrected chi connectivity index (χ4v) is 2.42. The Morgan fingerprint density at radius 2 is 1.77 bits per heavy atom. The summed E-state index contributed by atoms with van der Waals surface area (Å²) in [5.74, 6) is -0.708. The Morgan fingerprint density at radius 3 is 2.50 bits per heavy atom. The second-order valence-corrected chi connectivity index (χ2v) is 5.93. The lowest BCUT2D eigenvalue weighted by atomic mass is 10.1. The summed E-state index contributed by atoms with van der Waals surface area (Å²) >= 11 is 0. The molecule has 0 unspecified atom stereocenters. The van der Waals surface area contributed by atoms with Gasteiger partial charge in [0.25, 0.3) is 11.6 Å². The number of nitro groups is 1. The van der Waals surface area contributed by atoms with Crippen LogP contribution in [0.4, 0.5) is 11.4 Å². The fourth-order valence-electron chi connectivity index (χ4n) is 2.42. The van der Waals surface area contributed by atoms with E-state index in [-0.39, 0.29) is 17.6 Å². The molecule has 0 atom stereocenters. The van der Waals surface area contributed by atoms with Crippen LogP contribution in [0.15, 0.2) is 54.6 Å². The Kier molecular flexibility index (Phi) is 5.07. The van der Waals surface area contributed by atoms with Crippen molar-refractivity contribution in [3.8, 4) is 0 Å². The minimum atomic E-state index is -0.505. The van der Waals surface area contributed by atoms with Crippen LogP contribution in [0.2, 0.25) is 0 Å². The summed E-state index contributed by atoms with van der Waals surface area (Å²) in [5.41, 5.74) is 1.02. The number of carbonyl (C=O) groups excluding carboxylic acids is 2. The number of hydrogen-bond acceptors (Lipinski definition) is 4. The van der Waals surface area contributed by atoms with Crippen LogP contribution >= 0.6 is 0 Å². The second-order valence-electron chi connectivity index (χ2n) is 5.93.